The zero-order valence-electron chi connectivity index (χ0n) is 13.1. The van der Waals surface area contributed by atoms with Crippen LogP contribution in [0.2, 0.25) is 0 Å². The highest BCUT2D eigenvalue weighted by atomic mass is 16.2. The molecule has 3 nitrogen and oxygen atoms in total. The lowest BCUT2D eigenvalue weighted by Gasteiger charge is -2.20. The van der Waals surface area contributed by atoms with Crippen LogP contribution in [-0.2, 0) is 0 Å². The Morgan fingerprint density at radius 1 is 1.09 bits per heavy atom. The molecule has 2 amide bonds. The van der Waals surface area contributed by atoms with Crippen molar-refractivity contribution in [1.29, 1.82) is 0 Å². The van der Waals surface area contributed by atoms with Gasteiger partial charge in [-0.3, -0.25) is 0 Å². The van der Waals surface area contributed by atoms with E-state index in [9.17, 15) is 4.79 Å². The minimum Gasteiger partial charge on any atom is -0.331 e. The van der Waals surface area contributed by atoms with E-state index in [2.05, 4.69) is 28.8 Å². The maximum atomic E-state index is 12.4. The molecule has 114 valence electrons. The maximum Gasteiger partial charge on any atom is 0.319 e. The summed E-state index contributed by atoms with van der Waals surface area (Å²) in [6, 6.07) is 16.3. The van der Waals surface area contributed by atoms with Gasteiger partial charge in [0.15, 0.2) is 0 Å². The van der Waals surface area contributed by atoms with E-state index in [1.54, 1.807) is 0 Å². The van der Waals surface area contributed by atoms with Gasteiger partial charge in [0.2, 0.25) is 0 Å². The third-order valence-corrected chi connectivity index (χ3v) is 4.18. The molecule has 2 N–H and O–H groups in total. The summed E-state index contributed by atoms with van der Waals surface area (Å²) >= 11 is 0. The van der Waals surface area contributed by atoms with E-state index in [-0.39, 0.29) is 12.1 Å². The monoisotopic (exact) mass is 294 g/mol. The summed E-state index contributed by atoms with van der Waals surface area (Å²) < 4.78 is 0. The third kappa shape index (κ3) is 3.48. The van der Waals surface area contributed by atoms with Crippen LogP contribution in [0.25, 0.3) is 0 Å². The summed E-state index contributed by atoms with van der Waals surface area (Å²) in [5.74, 6) is 0.562. The second-order valence-electron chi connectivity index (χ2n) is 6.14. The molecule has 3 heteroatoms. The van der Waals surface area contributed by atoms with E-state index in [1.165, 1.54) is 18.4 Å². The van der Waals surface area contributed by atoms with Crippen LogP contribution in [-0.4, -0.2) is 6.03 Å². The Balaban J connectivity index is 1.71. The van der Waals surface area contributed by atoms with Crippen LogP contribution in [0.1, 0.15) is 35.6 Å². The molecule has 1 unspecified atom stereocenters. The minimum atomic E-state index is -0.130. The van der Waals surface area contributed by atoms with Gasteiger partial charge in [0.1, 0.15) is 0 Å². The number of carbonyl (C=O) groups excluding carboxylic acids is 1. The van der Waals surface area contributed by atoms with Crippen LogP contribution < -0.4 is 10.6 Å². The predicted octanol–water partition coefficient (Wildman–Crippen LogP) is 4.58. The lowest BCUT2D eigenvalue weighted by molar-refractivity contribution is 0.247. The first-order valence-electron chi connectivity index (χ1n) is 7.83. The van der Waals surface area contributed by atoms with Crippen LogP contribution in [0.5, 0.6) is 0 Å². The van der Waals surface area contributed by atoms with E-state index >= 15 is 0 Å². The molecule has 0 heterocycles. The van der Waals surface area contributed by atoms with Crippen molar-refractivity contribution in [1.82, 2.24) is 5.32 Å². The van der Waals surface area contributed by atoms with E-state index in [4.69, 9.17) is 0 Å². The molecule has 2 aromatic carbocycles. The maximum absolute atomic E-state index is 12.4. The van der Waals surface area contributed by atoms with E-state index in [0.29, 0.717) is 5.92 Å². The predicted molar refractivity (Wildman–Crippen MR) is 90.0 cm³/mol. The number of carbonyl (C=O) groups is 1. The molecular formula is C19H22N2O. The summed E-state index contributed by atoms with van der Waals surface area (Å²) in [5.41, 5.74) is 4.27. The Hall–Kier alpha value is -2.29. The molecule has 22 heavy (non-hydrogen) atoms. The molecule has 1 atom stereocenters. The second kappa shape index (κ2) is 6.22. The minimum absolute atomic E-state index is 0.103. The van der Waals surface area contributed by atoms with Gasteiger partial charge in [-0.05, 0) is 55.4 Å². The number of nitrogens with one attached hydrogen (secondary N) is 2. The average Bonchev–Trinajstić information content (AvgIpc) is 3.34. The molecule has 3 rings (SSSR count). The Kier molecular flexibility index (Phi) is 4.14. The molecular weight excluding hydrogens is 272 g/mol. The highest BCUT2D eigenvalue weighted by Gasteiger charge is 2.33. The number of hydrogen-bond donors (Lipinski definition) is 2. The molecule has 0 saturated heterocycles. The SMILES string of the molecule is Cc1ccc(C)c(NC(=O)NC(c2ccccc2)C2CC2)c1. The van der Waals surface area contributed by atoms with Gasteiger partial charge in [-0.15, -0.1) is 0 Å². The standard InChI is InChI=1S/C19H22N2O/c1-13-8-9-14(2)17(12-13)20-19(22)21-18(16-10-11-16)15-6-4-3-5-7-15/h3-9,12,16,18H,10-11H2,1-2H3,(H2,20,21,22). The summed E-state index contributed by atoms with van der Waals surface area (Å²) in [6.07, 6.45) is 2.37. The van der Waals surface area contributed by atoms with Gasteiger partial charge in [0, 0.05) is 5.69 Å². The van der Waals surface area contributed by atoms with Crippen molar-refractivity contribution in [2.45, 2.75) is 32.7 Å². The lowest BCUT2D eigenvalue weighted by Crippen LogP contribution is -2.33. The first-order chi connectivity index (χ1) is 10.6. The van der Waals surface area contributed by atoms with E-state index < -0.39 is 0 Å². The van der Waals surface area contributed by atoms with Crippen molar-refractivity contribution in [2.75, 3.05) is 5.32 Å². The lowest BCUT2D eigenvalue weighted by atomic mass is 10.0. The van der Waals surface area contributed by atoms with E-state index in [0.717, 1.165) is 16.8 Å². The summed E-state index contributed by atoms with van der Waals surface area (Å²) in [6.45, 7) is 4.03. The van der Waals surface area contributed by atoms with Crippen LogP contribution in [0, 0.1) is 19.8 Å². The molecule has 1 fully saturated rings. The Labute approximate surface area is 131 Å². The zero-order valence-corrected chi connectivity index (χ0v) is 13.1. The normalized spacial score (nSPS) is 15.2. The van der Waals surface area contributed by atoms with Crippen molar-refractivity contribution >= 4 is 11.7 Å². The van der Waals surface area contributed by atoms with Crippen LogP contribution in [0.4, 0.5) is 10.5 Å². The Morgan fingerprint density at radius 3 is 2.50 bits per heavy atom. The summed E-state index contributed by atoms with van der Waals surface area (Å²) in [7, 11) is 0. The quantitative estimate of drug-likeness (QED) is 0.851. The van der Waals surface area contributed by atoms with Crippen molar-refractivity contribution < 1.29 is 4.79 Å². The van der Waals surface area contributed by atoms with Crippen LogP contribution >= 0.6 is 0 Å². The fourth-order valence-electron chi connectivity index (χ4n) is 2.73. The highest BCUT2D eigenvalue weighted by Crippen LogP contribution is 2.40. The number of anilines is 1. The first kappa shape index (κ1) is 14.6. The molecule has 1 aliphatic rings. The van der Waals surface area contributed by atoms with Crippen molar-refractivity contribution in [3.63, 3.8) is 0 Å². The van der Waals surface area contributed by atoms with Gasteiger partial charge in [0.25, 0.3) is 0 Å². The van der Waals surface area contributed by atoms with Crippen LogP contribution in [0.15, 0.2) is 48.5 Å². The second-order valence-corrected chi connectivity index (χ2v) is 6.14. The van der Waals surface area contributed by atoms with Gasteiger partial charge in [-0.25, -0.2) is 4.79 Å². The molecule has 0 bridgehead atoms. The van der Waals surface area contributed by atoms with Crippen molar-refractivity contribution in [2.24, 2.45) is 5.92 Å². The Morgan fingerprint density at radius 2 is 1.82 bits per heavy atom. The van der Waals surface area contributed by atoms with E-state index in [1.807, 2.05) is 44.2 Å². The van der Waals surface area contributed by atoms with Gasteiger partial charge >= 0.3 is 6.03 Å². The van der Waals surface area contributed by atoms with Gasteiger partial charge in [-0.2, -0.15) is 0 Å². The molecule has 0 radical (unpaired) electrons. The van der Waals surface area contributed by atoms with Crippen molar-refractivity contribution in [3.05, 3.63) is 65.2 Å². The van der Waals surface area contributed by atoms with Gasteiger partial charge < -0.3 is 10.6 Å². The number of urea groups is 1. The largest absolute Gasteiger partial charge is 0.331 e. The molecule has 0 spiro atoms. The molecule has 2 aromatic rings. The zero-order chi connectivity index (χ0) is 15.5. The number of rotatable bonds is 4. The Bertz CT molecular complexity index is 662. The summed E-state index contributed by atoms with van der Waals surface area (Å²) in [5, 5.41) is 6.12. The topological polar surface area (TPSA) is 41.1 Å². The molecule has 0 aliphatic heterocycles. The number of aryl methyl sites for hydroxylation is 2. The number of hydrogen-bond acceptors (Lipinski definition) is 1. The molecule has 1 saturated carbocycles. The van der Waals surface area contributed by atoms with Crippen molar-refractivity contribution in [3.8, 4) is 0 Å². The molecule has 0 aromatic heterocycles. The molecule has 1 aliphatic carbocycles. The summed E-state index contributed by atoms with van der Waals surface area (Å²) in [4.78, 5) is 12.4. The fraction of sp³-hybridized carbons (Fsp3) is 0.316. The average molecular weight is 294 g/mol. The fourth-order valence-corrected chi connectivity index (χ4v) is 2.73. The van der Waals surface area contributed by atoms with Crippen LogP contribution in [0.3, 0.4) is 0 Å². The van der Waals surface area contributed by atoms with Gasteiger partial charge in [0.05, 0.1) is 6.04 Å². The smallest absolute Gasteiger partial charge is 0.319 e. The first-order valence-corrected chi connectivity index (χ1v) is 7.83. The van der Waals surface area contributed by atoms with Gasteiger partial charge in [-0.1, -0.05) is 42.5 Å². The number of amides is 2. The third-order valence-electron chi connectivity index (χ3n) is 4.18. The highest BCUT2D eigenvalue weighted by molar-refractivity contribution is 5.90. The number of benzene rings is 2.